The molecule has 4 aromatic rings. The van der Waals surface area contributed by atoms with Crippen LogP contribution in [0.15, 0.2) is 70.4 Å². The van der Waals surface area contributed by atoms with E-state index in [9.17, 15) is 18.0 Å². The van der Waals surface area contributed by atoms with Gasteiger partial charge in [-0.2, -0.15) is 0 Å². The molecule has 2 atom stereocenters. The number of carbonyl (C=O) groups excluding carboxylic acids is 1. The quantitative estimate of drug-likeness (QED) is 0.274. The summed E-state index contributed by atoms with van der Waals surface area (Å²) in [5, 5.41) is 2.64. The second-order valence-electron chi connectivity index (χ2n) is 10.4. The predicted octanol–water partition coefficient (Wildman–Crippen LogP) is 5.65. The zero-order valence-electron chi connectivity index (χ0n) is 23.4. The molecule has 2 unspecified atom stereocenters. The molecule has 0 fully saturated rings. The van der Waals surface area contributed by atoms with Crippen molar-refractivity contribution < 1.29 is 17.9 Å². The third-order valence-corrected chi connectivity index (χ3v) is 9.86. The van der Waals surface area contributed by atoms with Crippen LogP contribution < -0.4 is 20.3 Å². The normalized spacial score (nSPS) is 16.5. The Morgan fingerprint density at radius 3 is 2.48 bits per heavy atom. The molecule has 1 amide bonds. The Kier molecular flexibility index (Phi) is 8.15. The summed E-state index contributed by atoms with van der Waals surface area (Å²) in [7, 11) is -1.22. The minimum Gasteiger partial charge on any atom is -0.496 e. The Bertz CT molecular complexity index is 1850. The molecular formula is C30H30Cl2N4O5S. The molecule has 0 radical (unpaired) electrons. The van der Waals surface area contributed by atoms with Gasteiger partial charge in [0.1, 0.15) is 16.3 Å². The van der Waals surface area contributed by atoms with Crippen molar-refractivity contribution in [3.63, 3.8) is 0 Å². The summed E-state index contributed by atoms with van der Waals surface area (Å²) in [6, 6.07) is 16.7. The lowest BCUT2D eigenvalue weighted by atomic mass is 9.81. The molecule has 5 rings (SSSR count). The molecule has 0 bridgehead atoms. The fourth-order valence-corrected chi connectivity index (χ4v) is 7.39. The van der Waals surface area contributed by atoms with E-state index in [2.05, 4.69) is 17.0 Å². The number of anilines is 1. The highest BCUT2D eigenvalue weighted by molar-refractivity contribution is 7.92. The van der Waals surface area contributed by atoms with E-state index in [1.807, 2.05) is 24.3 Å². The largest absolute Gasteiger partial charge is 0.496 e. The number of carbonyl (C=O) groups is 1. The molecule has 12 heteroatoms. The number of amides is 1. The van der Waals surface area contributed by atoms with Crippen LogP contribution in [0.25, 0.3) is 5.69 Å². The lowest BCUT2D eigenvalue weighted by molar-refractivity contribution is 0.0928. The first-order valence-electron chi connectivity index (χ1n) is 13.3. The van der Waals surface area contributed by atoms with Crippen LogP contribution in [-0.2, 0) is 23.5 Å². The average Bonchev–Trinajstić information content (AvgIpc) is 3.16. The van der Waals surface area contributed by atoms with Gasteiger partial charge in [0.2, 0.25) is 0 Å². The van der Waals surface area contributed by atoms with E-state index in [0.29, 0.717) is 29.5 Å². The SMILES string of the molecule is COc1cccc2c1C(NC(=O)c1cc(Cl)c(Cl)c(S(=O)(=O)Nc3c(C)n(C)n(-c4ccccc4)c3=O)c1)CC(C)C2. The molecule has 220 valence electrons. The monoisotopic (exact) mass is 628 g/mol. The van der Waals surface area contributed by atoms with Crippen molar-refractivity contribution in [1.82, 2.24) is 14.7 Å². The fraction of sp³-hybridized carbons (Fsp3) is 0.267. The lowest BCUT2D eigenvalue weighted by Crippen LogP contribution is -2.33. The third-order valence-electron chi connectivity index (χ3n) is 7.57. The van der Waals surface area contributed by atoms with Crippen LogP contribution in [0.3, 0.4) is 0 Å². The van der Waals surface area contributed by atoms with Gasteiger partial charge >= 0.3 is 0 Å². The van der Waals surface area contributed by atoms with Crippen molar-refractivity contribution in [2.24, 2.45) is 13.0 Å². The third kappa shape index (κ3) is 5.42. The molecule has 42 heavy (non-hydrogen) atoms. The number of para-hydroxylation sites is 1. The van der Waals surface area contributed by atoms with Crippen LogP contribution in [0, 0.1) is 12.8 Å². The van der Waals surface area contributed by atoms with E-state index in [1.165, 1.54) is 10.7 Å². The van der Waals surface area contributed by atoms with E-state index in [0.717, 1.165) is 23.6 Å². The number of rotatable bonds is 7. The Morgan fingerprint density at radius 1 is 1.07 bits per heavy atom. The fourth-order valence-electron chi connectivity index (χ4n) is 5.46. The second kappa shape index (κ2) is 11.5. The van der Waals surface area contributed by atoms with E-state index in [-0.39, 0.29) is 27.3 Å². The van der Waals surface area contributed by atoms with Crippen LogP contribution in [0.1, 0.15) is 46.6 Å². The van der Waals surface area contributed by atoms with Crippen molar-refractivity contribution in [3.8, 4) is 11.4 Å². The summed E-state index contributed by atoms with van der Waals surface area (Å²) in [6.45, 7) is 3.73. The summed E-state index contributed by atoms with van der Waals surface area (Å²) >= 11 is 12.7. The maximum atomic E-state index is 13.6. The molecule has 9 nitrogen and oxygen atoms in total. The second-order valence-corrected chi connectivity index (χ2v) is 12.9. The molecule has 2 N–H and O–H groups in total. The number of hydrogen-bond donors (Lipinski definition) is 2. The first-order chi connectivity index (χ1) is 19.9. The smallest absolute Gasteiger partial charge is 0.296 e. The maximum absolute atomic E-state index is 13.6. The van der Waals surface area contributed by atoms with Gasteiger partial charge in [-0.15, -0.1) is 0 Å². The summed E-state index contributed by atoms with van der Waals surface area (Å²) in [5.41, 5.74) is 2.21. The van der Waals surface area contributed by atoms with Crippen molar-refractivity contribution in [2.45, 2.75) is 37.6 Å². The average molecular weight is 630 g/mol. The van der Waals surface area contributed by atoms with Crippen LogP contribution in [-0.4, -0.2) is 30.8 Å². The molecule has 0 saturated heterocycles. The topological polar surface area (TPSA) is 111 Å². The first-order valence-corrected chi connectivity index (χ1v) is 15.5. The standard InChI is InChI=1S/C30H30Cl2N4O5S/c1-17-13-19-9-8-12-24(41-4)26(19)23(14-17)33-29(37)20-15-22(31)27(32)25(16-20)42(39,40)34-28-18(2)35(3)36(30(28)38)21-10-6-5-7-11-21/h5-12,15-17,23,34H,13-14H2,1-4H3,(H,33,37). The minimum atomic E-state index is -4.45. The van der Waals surface area contributed by atoms with Gasteiger partial charge in [-0.25, -0.2) is 13.1 Å². The zero-order chi connectivity index (χ0) is 30.3. The van der Waals surface area contributed by atoms with Gasteiger partial charge in [0.15, 0.2) is 0 Å². The zero-order valence-corrected chi connectivity index (χ0v) is 25.8. The van der Waals surface area contributed by atoms with Gasteiger partial charge < -0.3 is 10.1 Å². The number of sulfonamides is 1. The Morgan fingerprint density at radius 2 is 1.79 bits per heavy atom. The summed E-state index contributed by atoms with van der Waals surface area (Å²) < 4.78 is 38.1. The summed E-state index contributed by atoms with van der Waals surface area (Å²) in [4.78, 5) is 26.4. The highest BCUT2D eigenvalue weighted by atomic mass is 35.5. The number of nitrogens with one attached hydrogen (secondary N) is 2. The molecule has 1 aliphatic carbocycles. The Balaban J connectivity index is 1.49. The molecule has 1 heterocycles. The van der Waals surface area contributed by atoms with E-state index < -0.39 is 26.4 Å². The molecule has 0 spiro atoms. The van der Waals surface area contributed by atoms with Crippen molar-refractivity contribution in [1.29, 1.82) is 0 Å². The first kappa shape index (κ1) is 29.8. The van der Waals surface area contributed by atoms with E-state index >= 15 is 0 Å². The van der Waals surface area contributed by atoms with Crippen molar-refractivity contribution in [2.75, 3.05) is 11.8 Å². The molecule has 0 saturated carbocycles. The van der Waals surface area contributed by atoms with Crippen LogP contribution in [0.2, 0.25) is 10.0 Å². The van der Waals surface area contributed by atoms with Gasteiger partial charge in [0.05, 0.1) is 34.6 Å². The highest BCUT2D eigenvalue weighted by Gasteiger charge is 2.31. The van der Waals surface area contributed by atoms with Crippen molar-refractivity contribution >= 4 is 44.8 Å². The van der Waals surface area contributed by atoms with Gasteiger partial charge in [0, 0.05) is 18.2 Å². The van der Waals surface area contributed by atoms with Crippen molar-refractivity contribution in [3.05, 3.63) is 103 Å². The molecule has 0 aliphatic heterocycles. The number of ether oxygens (including phenoxy) is 1. The molecule has 1 aromatic heterocycles. The van der Waals surface area contributed by atoms with Crippen LogP contribution in [0.5, 0.6) is 5.75 Å². The van der Waals surface area contributed by atoms with Gasteiger partial charge in [-0.05, 0) is 61.6 Å². The molecular weight excluding hydrogens is 599 g/mol. The van der Waals surface area contributed by atoms with Gasteiger partial charge in [-0.1, -0.05) is 60.5 Å². The molecule has 3 aromatic carbocycles. The minimum absolute atomic E-state index is 0.00549. The van der Waals surface area contributed by atoms with E-state index in [1.54, 1.807) is 50.0 Å². The lowest BCUT2D eigenvalue weighted by Gasteiger charge is -2.31. The summed E-state index contributed by atoms with van der Waals surface area (Å²) in [6.07, 6.45) is 1.53. The number of hydrogen-bond acceptors (Lipinski definition) is 5. The molecule has 1 aliphatic rings. The predicted molar refractivity (Wildman–Crippen MR) is 164 cm³/mol. The number of methoxy groups -OCH3 is 1. The Labute approximate surface area is 254 Å². The van der Waals surface area contributed by atoms with Gasteiger partial charge in [-0.3, -0.25) is 19.0 Å². The summed E-state index contributed by atoms with van der Waals surface area (Å²) in [5.74, 6) is 0.451. The number of benzene rings is 3. The maximum Gasteiger partial charge on any atom is 0.296 e. The van der Waals surface area contributed by atoms with Gasteiger partial charge in [0.25, 0.3) is 21.5 Å². The number of nitrogens with zero attached hydrogens (tertiary/aromatic N) is 2. The highest BCUT2D eigenvalue weighted by Crippen LogP contribution is 2.39. The van der Waals surface area contributed by atoms with Crippen LogP contribution >= 0.6 is 23.2 Å². The van der Waals surface area contributed by atoms with Crippen LogP contribution in [0.4, 0.5) is 5.69 Å². The van der Waals surface area contributed by atoms with E-state index in [4.69, 9.17) is 27.9 Å². The number of halogens is 2. The number of aromatic nitrogens is 2. The Hall–Kier alpha value is -3.73. The number of fused-ring (bicyclic) bond motifs is 1.